The van der Waals surface area contributed by atoms with Crippen molar-refractivity contribution in [3.05, 3.63) is 22.2 Å². The number of fused-ring (bicyclic) bond motifs is 1. The lowest BCUT2D eigenvalue weighted by molar-refractivity contribution is 0.283. The van der Waals surface area contributed by atoms with Crippen LogP contribution in [0.2, 0.25) is 5.02 Å². The maximum absolute atomic E-state index is 6.53. The van der Waals surface area contributed by atoms with Gasteiger partial charge in [0.05, 0.1) is 13.2 Å². The quantitative estimate of drug-likeness (QED) is 0.888. The molecule has 1 aliphatic rings. The smallest absolute Gasteiger partial charge is 0.166 e. The third-order valence-corrected chi connectivity index (χ3v) is 4.21. The van der Waals surface area contributed by atoms with Gasteiger partial charge in [-0.25, -0.2) is 0 Å². The summed E-state index contributed by atoms with van der Waals surface area (Å²) >= 11 is 6.53. The third kappa shape index (κ3) is 2.49. The molecule has 0 radical (unpaired) electrons. The molecular formula is C16H24ClNO2. The van der Waals surface area contributed by atoms with Crippen LogP contribution in [0.4, 0.5) is 0 Å². The first-order valence-electron chi connectivity index (χ1n) is 7.26. The van der Waals surface area contributed by atoms with Gasteiger partial charge >= 0.3 is 0 Å². The molecule has 0 aliphatic heterocycles. The summed E-state index contributed by atoms with van der Waals surface area (Å²) in [6, 6.07) is 2.15. The molecule has 0 aromatic heterocycles. The molecule has 1 aliphatic carbocycles. The van der Waals surface area contributed by atoms with Crippen LogP contribution in [0.25, 0.3) is 0 Å². The van der Waals surface area contributed by atoms with Crippen molar-refractivity contribution in [3.63, 3.8) is 0 Å². The Labute approximate surface area is 126 Å². The fourth-order valence-electron chi connectivity index (χ4n) is 3.16. The van der Waals surface area contributed by atoms with Gasteiger partial charge in [-0.2, -0.15) is 0 Å². The molecule has 4 heteroatoms. The minimum atomic E-state index is 0.0384. The summed E-state index contributed by atoms with van der Waals surface area (Å²) in [5.41, 5.74) is 2.39. The molecule has 0 spiro atoms. The van der Waals surface area contributed by atoms with E-state index in [0.29, 0.717) is 13.2 Å². The normalized spacial score (nSPS) is 19.8. The molecule has 1 unspecified atom stereocenters. The molecule has 1 aromatic carbocycles. The van der Waals surface area contributed by atoms with Gasteiger partial charge in [0.1, 0.15) is 0 Å². The zero-order chi connectivity index (χ0) is 14.9. The first-order chi connectivity index (χ1) is 9.46. The van der Waals surface area contributed by atoms with Crippen LogP contribution in [0.5, 0.6) is 11.5 Å². The van der Waals surface area contributed by atoms with E-state index < -0.39 is 0 Å². The van der Waals surface area contributed by atoms with Gasteiger partial charge in [-0.3, -0.25) is 0 Å². The fraction of sp³-hybridized carbons (Fsp3) is 0.625. The lowest BCUT2D eigenvalue weighted by atomic mass is 9.86. The molecule has 0 bridgehead atoms. The van der Waals surface area contributed by atoms with Crippen LogP contribution in [0.15, 0.2) is 6.07 Å². The Hall–Kier alpha value is -0.930. The van der Waals surface area contributed by atoms with Crippen molar-refractivity contribution < 1.29 is 9.47 Å². The number of hydrogen-bond acceptors (Lipinski definition) is 3. The Morgan fingerprint density at radius 2 is 1.95 bits per heavy atom. The molecule has 2 rings (SSSR count). The first-order valence-corrected chi connectivity index (χ1v) is 7.63. The SMILES string of the molecule is CCOc1cc(Cl)c2c(c1OCC)C(NC)CC2(C)C. The van der Waals surface area contributed by atoms with Crippen molar-refractivity contribution in [2.75, 3.05) is 20.3 Å². The van der Waals surface area contributed by atoms with Crippen LogP contribution < -0.4 is 14.8 Å². The largest absolute Gasteiger partial charge is 0.490 e. The summed E-state index contributed by atoms with van der Waals surface area (Å²) < 4.78 is 11.6. The first kappa shape index (κ1) is 15.5. The molecule has 20 heavy (non-hydrogen) atoms. The van der Waals surface area contributed by atoms with E-state index in [-0.39, 0.29) is 11.5 Å². The second kappa shape index (κ2) is 5.82. The van der Waals surface area contributed by atoms with Gasteiger partial charge in [-0.1, -0.05) is 25.4 Å². The van der Waals surface area contributed by atoms with E-state index in [4.69, 9.17) is 21.1 Å². The molecule has 0 saturated carbocycles. The standard InChI is InChI=1S/C16H24ClNO2/c1-6-19-12-8-10(17)14-13(15(12)20-7-2)11(18-5)9-16(14,3)4/h8,11,18H,6-7,9H2,1-5H3. The third-order valence-electron chi connectivity index (χ3n) is 3.91. The number of ether oxygens (including phenoxy) is 2. The highest BCUT2D eigenvalue weighted by Crippen LogP contribution is 2.54. The summed E-state index contributed by atoms with van der Waals surface area (Å²) in [4.78, 5) is 0. The monoisotopic (exact) mass is 297 g/mol. The predicted octanol–water partition coefficient (Wildman–Crippen LogP) is 4.08. The lowest BCUT2D eigenvalue weighted by Crippen LogP contribution is -2.17. The van der Waals surface area contributed by atoms with Crippen LogP contribution >= 0.6 is 11.6 Å². The van der Waals surface area contributed by atoms with Crippen molar-refractivity contribution in [1.82, 2.24) is 5.32 Å². The number of rotatable bonds is 5. The van der Waals surface area contributed by atoms with Crippen LogP contribution in [0.3, 0.4) is 0 Å². The average Bonchev–Trinajstić information content (AvgIpc) is 2.66. The fourth-order valence-corrected chi connectivity index (χ4v) is 3.62. The lowest BCUT2D eigenvalue weighted by Gasteiger charge is -2.22. The minimum absolute atomic E-state index is 0.0384. The van der Waals surface area contributed by atoms with Crippen LogP contribution in [0, 0.1) is 0 Å². The molecular weight excluding hydrogens is 274 g/mol. The molecule has 3 nitrogen and oxygen atoms in total. The second-order valence-electron chi connectivity index (χ2n) is 5.77. The van der Waals surface area contributed by atoms with Crippen molar-refractivity contribution >= 4 is 11.6 Å². The molecule has 0 saturated heterocycles. The van der Waals surface area contributed by atoms with E-state index in [1.54, 1.807) is 0 Å². The van der Waals surface area contributed by atoms with Gasteiger partial charge < -0.3 is 14.8 Å². The van der Waals surface area contributed by atoms with Crippen LogP contribution in [0.1, 0.15) is 51.3 Å². The van der Waals surface area contributed by atoms with Crippen molar-refractivity contribution in [2.24, 2.45) is 0 Å². The number of benzene rings is 1. The highest BCUT2D eigenvalue weighted by atomic mass is 35.5. The Balaban J connectivity index is 2.67. The zero-order valence-corrected chi connectivity index (χ0v) is 13.7. The van der Waals surface area contributed by atoms with Crippen molar-refractivity contribution in [3.8, 4) is 11.5 Å². The summed E-state index contributed by atoms with van der Waals surface area (Å²) in [5, 5.41) is 4.15. The number of hydrogen-bond donors (Lipinski definition) is 1. The van der Waals surface area contributed by atoms with E-state index in [2.05, 4.69) is 19.2 Å². The second-order valence-corrected chi connectivity index (χ2v) is 6.18. The van der Waals surface area contributed by atoms with Gasteiger partial charge in [0.15, 0.2) is 11.5 Å². The van der Waals surface area contributed by atoms with Gasteiger partial charge in [0.25, 0.3) is 0 Å². The summed E-state index contributed by atoms with van der Waals surface area (Å²) in [7, 11) is 1.98. The van der Waals surface area contributed by atoms with Gasteiger partial charge in [-0.15, -0.1) is 0 Å². The zero-order valence-electron chi connectivity index (χ0n) is 13.0. The van der Waals surface area contributed by atoms with E-state index in [0.717, 1.165) is 28.5 Å². The van der Waals surface area contributed by atoms with Crippen molar-refractivity contribution in [2.45, 2.75) is 45.6 Å². The number of halogens is 1. The number of nitrogens with one attached hydrogen (secondary N) is 1. The summed E-state index contributed by atoms with van der Waals surface area (Å²) in [6.45, 7) is 9.63. The van der Waals surface area contributed by atoms with E-state index in [1.165, 1.54) is 5.56 Å². The summed E-state index contributed by atoms with van der Waals surface area (Å²) in [6.07, 6.45) is 1.01. The molecule has 0 amide bonds. The van der Waals surface area contributed by atoms with Gasteiger partial charge in [0, 0.05) is 22.7 Å². The van der Waals surface area contributed by atoms with Gasteiger partial charge in [0.2, 0.25) is 0 Å². The molecule has 112 valence electrons. The molecule has 0 fully saturated rings. The maximum atomic E-state index is 6.53. The maximum Gasteiger partial charge on any atom is 0.166 e. The van der Waals surface area contributed by atoms with E-state index in [1.807, 2.05) is 27.0 Å². The Morgan fingerprint density at radius 3 is 2.50 bits per heavy atom. The predicted molar refractivity (Wildman–Crippen MR) is 83.2 cm³/mol. The van der Waals surface area contributed by atoms with Gasteiger partial charge in [-0.05, 0) is 38.3 Å². The highest BCUT2D eigenvalue weighted by molar-refractivity contribution is 6.32. The van der Waals surface area contributed by atoms with Crippen LogP contribution in [-0.4, -0.2) is 20.3 Å². The molecule has 0 heterocycles. The van der Waals surface area contributed by atoms with E-state index in [9.17, 15) is 0 Å². The topological polar surface area (TPSA) is 30.5 Å². The Morgan fingerprint density at radius 1 is 1.30 bits per heavy atom. The molecule has 1 atom stereocenters. The summed E-state index contributed by atoms with van der Waals surface area (Å²) in [5.74, 6) is 1.59. The highest BCUT2D eigenvalue weighted by Gasteiger charge is 2.41. The average molecular weight is 298 g/mol. The van der Waals surface area contributed by atoms with E-state index >= 15 is 0 Å². The van der Waals surface area contributed by atoms with Crippen molar-refractivity contribution in [1.29, 1.82) is 0 Å². The minimum Gasteiger partial charge on any atom is -0.490 e. The molecule has 1 N–H and O–H groups in total. The Bertz CT molecular complexity index is 500. The Kier molecular flexibility index (Phi) is 4.50. The molecule has 1 aromatic rings. The van der Waals surface area contributed by atoms with Crippen LogP contribution in [-0.2, 0) is 5.41 Å².